The first-order valence-electron chi connectivity index (χ1n) is 22.7. The second kappa shape index (κ2) is 16.8. The average molecular weight is 841 g/mol. The number of nitrogens with zero attached hydrogens (tertiary/aromatic N) is 2. The van der Waals surface area contributed by atoms with E-state index >= 15 is 0 Å². The van der Waals surface area contributed by atoms with E-state index in [-0.39, 0.29) is 0 Å². The third kappa shape index (κ3) is 6.93. The van der Waals surface area contributed by atoms with Crippen LogP contribution in [0.4, 0.5) is 17.1 Å². The van der Waals surface area contributed by atoms with Crippen LogP contribution in [0.1, 0.15) is 0 Å². The zero-order chi connectivity index (χ0) is 43.8. The largest absolute Gasteiger partial charge is 0.309 e. The van der Waals surface area contributed by atoms with E-state index in [4.69, 9.17) is 0 Å². The van der Waals surface area contributed by atoms with Gasteiger partial charge in [0.1, 0.15) is 0 Å². The standard InChI is InChI=1S/C64H44N2/c1-3-18-48(19-4-1)55-25-9-13-30-60(55)65(52-41-38-46(39-42-52)45-34-36-50(37-35-45)54-29-17-23-47-22-7-8-24-53(47)54)64-43-40-51(44-59(64)49-20-5-2-6-21-49)56-26-10-14-31-61(56)66-62-32-15-11-27-57(62)58-28-12-16-33-63(58)66/h1-44H. The monoisotopic (exact) mass is 840 g/mol. The van der Waals surface area contributed by atoms with Gasteiger partial charge in [-0.25, -0.2) is 0 Å². The predicted octanol–water partition coefficient (Wildman–Crippen LogP) is 17.7. The molecular formula is C64H44N2. The first-order valence-corrected chi connectivity index (χ1v) is 22.7. The molecule has 2 nitrogen and oxygen atoms in total. The molecule has 12 rings (SSSR count). The lowest BCUT2D eigenvalue weighted by atomic mass is 9.94. The molecule has 1 heterocycles. The zero-order valence-corrected chi connectivity index (χ0v) is 36.3. The molecule has 0 spiro atoms. The number of rotatable bonds is 9. The minimum Gasteiger partial charge on any atom is -0.309 e. The van der Waals surface area contributed by atoms with Crippen molar-refractivity contribution >= 4 is 49.6 Å². The number of benzene rings is 11. The summed E-state index contributed by atoms with van der Waals surface area (Å²) in [6.07, 6.45) is 0. The highest BCUT2D eigenvalue weighted by Gasteiger charge is 2.23. The van der Waals surface area contributed by atoms with E-state index in [1.807, 2.05) is 0 Å². The summed E-state index contributed by atoms with van der Waals surface area (Å²) >= 11 is 0. The van der Waals surface area contributed by atoms with Gasteiger partial charge in [-0.05, 0) is 98.2 Å². The van der Waals surface area contributed by atoms with Crippen LogP contribution < -0.4 is 4.90 Å². The van der Waals surface area contributed by atoms with Gasteiger partial charge < -0.3 is 9.47 Å². The number of fused-ring (bicyclic) bond motifs is 4. The molecule has 66 heavy (non-hydrogen) atoms. The second-order valence-electron chi connectivity index (χ2n) is 16.9. The van der Waals surface area contributed by atoms with Crippen molar-refractivity contribution < 1.29 is 0 Å². The van der Waals surface area contributed by atoms with Crippen LogP contribution in [0.3, 0.4) is 0 Å². The Labute approximate surface area is 385 Å². The van der Waals surface area contributed by atoms with Crippen molar-refractivity contribution in [3.8, 4) is 61.3 Å². The highest BCUT2D eigenvalue weighted by Crippen LogP contribution is 2.47. The molecule has 0 amide bonds. The molecule has 1 aromatic heterocycles. The van der Waals surface area contributed by atoms with E-state index in [9.17, 15) is 0 Å². The molecule has 0 saturated carbocycles. The van der Waals surface area contributed by atoms with Gasteiger partial charge in [-0.2, -0.15) is 0 Å². The van der Waals surface area contributed by atoms with E-state index in [0.717, 1.165) is 45.0 Å². The van der Waals surface area contributed by atoms with Gasteiger partial charge in [0, 0.05) is 33.2 Å². The van der Waals surface area contributed by atoms with Crippen LogP contribution in [-0.2, 0) is 0 Å². The smallest absolute Gasteiger partial charge is 0.0541 e. The van der Waals surface area contributed by atoms with Crippen molar-refractivity contribution in [2.24, 2.45) is 0 Å². The number of hydrogen-bond donors (Lipinski definition) is 0. The van der Waals surface area contributed by atoms with E-state index in [2.05, 4.69) is 276 Å². The zero-order valence-electron chi connectivity index (χ0n) is 36.3. The first kappa shape index (κ1) is 38.9. The van der Waals surface area contributed by atoms with Gasteiger partial charge in [-0.1, -0.05) is 218 Å². The van der Waals surface area contributed by atoms with Gasteiger partial charge in [0.25, 0.3) is 0 Å². The van der Waals surface area contributed by atoms with Crippen LogP contribution in [0, 0.1) is 0 Å². The molecule has 0 N–H and O–H groups in total. The van der Waals surface area contributed by atoms with Gasteiger partial charge in [0.15, 0.2) is 0 Å². The maximum Gasteiger partial charge on any atom is 0.0541 e. The minimum absolute atomic E-state index is 1.07. The molecule has 0 aliphatic heterocycles. The van der Waals surface area contributed by atoms with Crippen molar-refractivity contribution in [1.29, 1.82) is 0 Å². The fourth-order valence-electron chi connectivity index (χ4n) is 9.90. The van der Waals surface area contributed by atoms with Crippen LogP contribution in [0.15, 0.2) is 267 Å². The molecule has 0 unspecified atom stereocenters. The summed E-state index contributed by atoms with van der Waals surface area (Å²) in [7, 11) is 0. The van der Waals surface area contributed by atoms with Crippen molar-refractivity contribution in [1.82, 2.24) is 4.57 Å². The SMILES string of the molecule is c1ccc(-c2ccccc2N(c2ccc(-c3ccc(-c4cccc5ccccc45)cc3)cc2)c2ccc(-c3ccccc3-n3c4ccccc4c4ccccc43)cc2-c2ccccc2)cc1. The fraction of sp³-hybridized carbons (Fsp3) is 0. The van der Waals surface area contributed by atoms with Crippen LogP contribution in [0.5, 0.6) is 0 Å². The number of anilines is 3. The lowest BCUT2D eigenvalue weighted by molar-refractivity contribution is 1.18. The molecule has 11 aromatic carbocycles. The first-order chi connectivity index (χ1) is 32.8. The second-order valence-corrected chi connectivity index (χ2v) is 16.9. The van der Waals surface area contributed by atoms with Crippen LogP contribution in [0.2, 0.25) is 0 Å². The Morgan fingerprint density at radius 2 is 0.712 bits per heavy atom. The molecule has 12 aromatic rings. The van der Waals surface area contributed by atoms with Crippen molar-refractivity contribution in [3.05, 3.63) is 267 Å². The van der Waals surface area contributed by atoms with Crippen LogP contribution >= 0.6 is 0 Å². The molecule has 310 valence electrons. The fourth-order valence-corrected chi connectivity index (χ4v) is 9.90. The van der Waals surface area contributed by atoms with Crippen molar-refractivity contribution in [3.63, 3.8) is 0 Å². The summed E-state index contributed by atoms with van der Waals surface area (Å²) in [5, 5.41) is 5.02. The Morgan fingerprint density at radius 1 is 0.258 bits per heavy atom. The maximum absolute atomic E-state index is 2.45. The number of para-hydroxylation sites is 4. The van der Waals surface area contributed by atoms with Crippen molar-refractivity contribution in [2.75, 3.05) is 4.90 Å². The Kier molecular flexibility index (Phi) is 9.89. The van der Waals surface area contributed by atoms with Gasteiger partial charge in [-0.3, -0.25) is 0 Å². The summed E-state index contributed by atoms with van der Waals surface area (Å²) in [5.74, 6) is 0. The highest BCUT2D eigenvalue weighted by atomic mass is 15.1. The molecule has 0 radical (unpaired) electrons. The normalized spacial score (nSPS) is 11.3. The van der Waals surface area contributed by atoms with E-state index in [1.54, 1.807) is 0 Å². The summed E-state index contributed by atoms with van der Waals surface area (Å²) in [5.41, 5.74) is 18.5. The molecule has 2 heteroatoms. The minimum atomic E-state index is 1.07. The number of aromatic nitrogens is 1. The molecule has 0 aliphatic rings. The third-order valence-electron chi connectivity index (χ3n) is 13.0. The van der Waals surface area contributed by atoms with Crippen molar-refractivity contribution in [2.45, 2.75) is 0 Å². The highest BCUT2D eigenvalue weighted by molar-refractivity contribution is 6.10. The third-order valence-corrected chi connectivity index (χ3v) is 13.0. The lowest BCUT2D eigenvalue weighted by Crippen LogP contribution is -2.12. The van der Waals surface area contributed by atoms with E-state index < -0.39 is 0 Å². The molecular weight excluding hydrogens is 797 g/mol. The summed E-state index contributed by atoms with van der Waals surface area (Å²) in [6.45, 7) is 0. The summed E-state index contributed by atoms with van der Waals surface area (Å²) < 4.78 is 2.43. The van der Waals surface area contributed by atoms with Crippen LogP contribution in [0.25, 0.3) is 93.9 Å². The summed E-state index contributed by atoms with van der Waals surface area (Å²) in [4.78, 5) is 2.45. The Bertz CT molecular complexity index is 3620. The van der Waals surface area contributed by atoms with E-state index in [0.29, 0.717) is 0 Å². The van der Waals surface area contributed by atoms with Gasteiger partial charge in [0.2, 0.25) is 0 Å². The summed E-state index contributed by atoms with van der Waals surface area (Å²) in [6, 6.07) is 96.9. The maximum atomic E-state index is 2.45. The topological polar surface area (TPSA) is 8.17 Å². The van der Waals surface area contributed by atoms with Gasteiger partial charge in [0.05, 0.1) is 28.1 Å². The van der Waals surface area contributed by atoms with Gasteiger partial charge in [-0.15, -0.1) is 0 Å². The molecule has 0 bridgehead atoms. The quantitative estimate of drug-likeness (QED) is 0.141. The molecule has 0 saturated heterocycles. The average Bonchev–Trinajstić information content (AvgIpc) is 3.74. The number of hydrogen-bond acceptors (Lipinski definition) is 1. The van der Waals surface area contributed by atoms with Crippen LogP contribution in [-0.4, -0.2) is 4.57 Å². The van der Waals surface area contributed by atoms with E-state index in [1.165, 1.54) is 66.0 Å². The van der Waals surface area contributed by atoms with Gasteiger partial charge >= 0.3 is 0 Å². The Hall–Kier alpha value is -8.72. The predicted molar refractivity (Wildman–Crippen MR) is 280 cm³/mol. The molecule has 0 aliphatic carbocycles. The molecule has 0 atom stereocenters. The Balaban J connectivity index is 1.01. The lowest BCUT2D eigenvalue weighted by Gasteiger charge is -2.30. The Morgan fingerprint density at radius 3 is 1.41 bits per heavy atom. The molecule has 0 fully saturated rings.